The van der Waals surface area contributed by atoms with Crippen molar-refractivity contribution in [3.8, 4) is 11.1 Å². The van der Waals surface area contributed by atoms with Gasteiger partial charge in [0.05, 0.1) is 13.0 Å². The van der Waals surface area contributed by atoms with Crippen LogP contribution >= 0.6 is 0 Å². The van der Waals surface area contributed by atoms with Crippen LogP contribution in [-0.4, -0.2) is 25.0 Å². The minimum atomic E-state index is -0.864. The first-order chi connectivity index (χ1) is 16.7. The number of hydrogen-bond donors (Lipinski definition) is 1. The second-order valence-corrected chi connectivity index (χ2v) is 8.42. The third-order valence-corrected chi connectivity index (χ3v) is 6.50. The highest BCUT2D eigenvalue weighted by Crippen LogP contribution is 2.46. The summed E-state index contributed by atoms with van der Waals surface area (Å²) in [6.07, 6.45) is 0. The zero-order chi connectivity index (χ0) is 23.5. The van der Waals surface area contributed by atoms with Crippen LogP contribution < -0.4 is 5.32 Å². The van der Waals surface area contributed by atoms with Crippen molar-refractivity contribution in [2.45, 2.75) is 17.9 Å². The highest BCUT2D eigenvalue weighted by molar-refractivity contribution is 5.93. The number of nitrogens with one attached hydrogen (secondary N) is 1. The first-order valence-electron chi connectivity index (χ1n) is 11.4. The lowest BCUT2D eigenvalue weighted by atomic mass is 9.87. The number of carbonyl (C=O) groups excluding carboxylic acids is 2. The molecule has 0 unspecified atom stereocenters. The molecule has 0 radical (unpaired) electrons. The molecule has 0 aliphatic heterocycles. The van der Waals surface area contributed by atoms with Gasteiger partial charge in [0.1, 0.15) is 6.04 Å². The fraction of sp³-hybridized carbons (Fsp3) is 0.133. The van der Waals surface area contributed by atoms with Crippen molar-refractivity contribution in [1.82, 2.24) is 5.32 Å². The molecule has 5 rings (SSSR count). The zero-order valence-corrected chi connectivity index (χ0v) is 18.8. The Balaban J connectivity index is 1.57. The molecule has 34 heavy (non-hydrogen) atoms. The van der Waals surface area contributed by atoms with Gasteiger partial charge in [-0.25, -0.2) is 4.79 Å². The zero-order valence-electron chi connectivity index (χ0n) is 18.8. The van der Waals surface area contributed by atoms with E-state index in [1.807, 2.05) is 97.1 Å². The molecule has 4 aromatic rings. The van der Waals surface area contributed by atoms with Crippen molar-refractivity contribution < 1.29 is 14.3 Å². The summed E-state index contributed by atoms with van der Waals surface area (Å²) in [7, 11) is 1.36. The summed E-state index contributed by atoms with van der Waals surface area (Å²) in [4.78, 5) is 26.9. The van der Waals surface area contributed by atoms with Gasteiger partial charge >= 0.3 is 5.97 Å². The smallest absolute Gasteiger partial charge is 0.329 e. The van der Waals surface area contributed by atoms with Gasteiger partial charge in [0.2, 0.25) is 5.91 Å². The summed E-state index contributed by atoms with van der Waals surface area (Å²) in [5.41, 5.74) is 5.90. The fourth-order valence-electron chi connectivity index (χ4n) is 4.98. The molecule has 0 aromatic heterocycles. The number of carbonyl (C=O) groups is 2. The van der Waals surface area contributed by atoms with Gasteiger partial charge in [0, 0.05) is 5.92 Å². The number of methoxy groups -OCH3 is 1. The van der Waals surface area contributed by atoms with Crippen molar-refractivity contribution >= 4 is 11.9 Å². The molecule has 1 N–H and O–H groups in total. The maximum atomic E-state index is 13.8. The predicted octanol–water partition coefficient (Wildman–Crippen LogP) is 5.29. The van der Waals surface area contributed by atoms with Gasteiger partial charge in [-0.1, -0.05) is 109 Å². The SMILES string of the molecule is COC(=O)[C@H](NC(=O)C(c1ccccc1)c1ccccc1)C1c2ccccc2-c2ccccc21. The van der Waals surface area contributed by atoms with E-state index >= 15 is 0 Å². The maximum Gasteiger partial charge on any atom is 0.329 e. The number of benzene rings is 4. The van der Waals surface area contributed by atoms with E-state index in [2.05, 4.69) is 17.4 Å². The number of rotatable bonds is 6. The Labute approximate surface area is 199 Å². The summed E-state index contributed by atoms with van der Waals surface area (Å²) in [6.45, 7) is 0. The quantitative estimate of drug-likeness (QED) is 0.409. The Morgan fingerprint density at radius 3 is 1.59 bits per heavy atom. The van der Waals surface area contributed by atoms with E-state index in [0.717, 1.165) is 33.4 Å². The molecule has 0 saturated carbocycles. The fourth-order valence-corrected chi connectivity index (χ4v) is 4.98. The molecule has 4 heteroatoms. The molecule has 4 aromatic carbocycles. The van der Waals surface area contributed by atoms with Crippen LogP contribution in [0, 0.1) is 0 Å². The molecule has 0 spiro atoms. The van der Waals surface area contributed by atoms with Crippen molar-refractivity contribution in [2.75, 3.05) is 7.11 Å². The van der Waals surface area contributed by atoms with E-state index in [4.69, 9.17) is 4.74 Å². The molecule has 1 atom stereocenters. The van der Waals surface area contributed by atoms with E-state index in [9.17, 15) is 9.59 Å². The maximum absolute atomic E-state index is 13.8. The summed E-state index contributed by atoms with van der Waals surface area (Å²) in [6, 6.07) is 34.5. The van der Waals surface area contributed by atoms with Crippen molar-refractivity contribution in [2.24, 2.45) is 0 Å². The van der Waals surface area contributed by atoms with Gasteiger partial charge in [-0.15, -0.1) is 0 Å². The van der Waals surface area contributed by atoms with Crippen molar-refractivity contribution in [3.05, 3.63) is 131 Å². The summed E-state index contributed by atoms with van der Waals surface area (Å²) >= 11 is 0. The topological polar surface area (TPSA) is 55.4 Å². The Morgan fingerprint density at radius 1 is 0.676 bits per heavy atom. The van der Waals surface area contributed by atoms with Gasteiger partial charge in [-0.2, -0.15) is 0 Å². The Morgan fingerprint density at radius 2 is 1.12 bits per heavy atom. The van der Waals surface area contributed by atoms with Gasteiger partial charge in [-0.05, 0) is 33.4 Å². The van der Waals surface area contributed by atoms with Gasteiger partial charge in [-0.3, -0.25) is 4.79 Å². The number of esters is 1. The van der Waals surface area contributed by atoms with Crippen molar-refractivity contribution in [3.63, 3.8) is 0 Å². The van der Waals surface area contributed by atoms with E-state index in [1.54, 1.807) is 0 Å². The average Bonchev–Trinajstić information content (AvgIpc) is 3.22. The number of fused-ring (bicyclic) bond motifs is 3. The second-order valence-electron chi connectivity index (χ2n) is 8.42. The molecule has 1 aliphatic carbocycles. The van der Waals surface area contributed by atoms with E-state index in [1.165, 1.54) is 7.11 Å². The molecular formula is C30H25NO3. The molecule has 0 heterocycles. The lowest BCUT2D eigenvalue weighted by molar-refractivity contribution is -0.145. The molecule has 0 saturated heterocycles. The van der Waals surface area contributed by atoms with Crippen LogP contribution in [0.1, 0.15) is 34.1 Å². The third kappa shape index (κ3) is 3.88. The summed E-state index contributed by atoms with van der Waals surface area (Å²) in [5, 5.41) is 3.08. The Hall–Kier alpha value is -4.18. The van der Waals surface area contributed by atoms with Crippen molar-refractivity contribution in [1.29, 1.82) is 0 Å². The van der Waals surface area contributed by atoms with Crippen LogP contribution in [0.4, 0.5) is 0 Å². The van der Waals surface area contributed by atoms with Crippen LogP contribution in [0.3, 0.4) is 0 Å². The highest BCUT2D eigenvalue weighted by Gasteiger charge is 2.40. The molecule has 1 aliphatic rings. The number of hydrogen-bond acceptors (Lipinski definition) is 3. The second kappa shape index (κ2) is 9.36. The van der Waals surface area contributed by atoms with Gasteiger partial charge in [0.25, 0.3) is 0 Å². The van der Waals surface area contributed by atoms with E-state index in [-0.39, 0.29) is 11.8 Å². The van der Waals surface area contributed by atoms with Crippen LogP contribution in [0.5, 0.6) is 0 Å². The molecule has 1 amide bonds. The highest BCUT2D eigenvalue weighted by atomic mass is 16.5. The lowest BCUT2D eigenvalue weighted by Gasteiger charge is -2.27. The minimum absolute atomic E-state index is 0.241. The Bertz CT molecular complexity index is 1230. The summed E-state index contributed by atoms with van der Waals surface area (Å²) in [5.74, 6) is -1.60. The first-order valence-corrected chi connectivity index (χ1v) is 11.4. The molecule has 0 fully saturated rings. The monoisotopic (exact) mass is 447 g/mol. The number of amides is 1. The van der Waals surface area contributed by atoms with Gasteiger partial charge in [0.15, 0.2) is 0 Å². The van der Waals surface area contributed by atoms with E-state index in [0.29, 0.717) is 0 Å². The van der Waals surface area contributed by atoms with Crippen LogP contribution in [0.2, 0.25) is 0 Å². The normalized spacial score (nSPS) is 13.1. The molecule has 4 nitrogen and oxygen atoms in total. The largest absolute Gasteiger partial charge is 0.467 e. The molecular weight excluding hydrogens is 422 g/mol. The third-order valence-electron chi connectivity index (χ3n) is 6.50. The lowest BCUT2D eigenvalue weighted by Crippen LogP contribution is -2.47. The average molecular weight is 448 g/mol. The molecule has 168 valence electrons. The number of ether oxygens (including phenoxy) is 1. The minimum Gasteiger partial charge on any atom is -0.467 e. The summed E-state index contributed by atoms with van der Waals surface area (Å²) < 4.78 is 5.19. The van der Waals surface area contributed by atoms with E-state index < -0.39 is 17.9 Å². The molecule has 0 bridgehead atoms. The predicted molar refractivity (Wildman–Crippen MR) is 132 cm³/mol. The first kappa shape index (κ1) is 21.7. The van der Waals surface area contributed by atoms with Gasteiger partial charge < -0.3 is 10.1 Å². The standard InChI is InChI=1S/C30H25NO3/c1-34-30(33)28(27-24-18-10-8-16-22(24)23-17-9-11-19-25(23)27)31-29(32)26(20-12-4-2-5-13-20)21-14-6-3-7-15-21/h2-19,26-28H,1H3,(H,31,32)/t28-/m1/s1. The van der Waals surface area contributed by atoms with Crippen LogP contribution in [0.25, 0.3) is 11.1 Å². The van der Waals surface area contributed by atoms with Crippen LogP contribution in [-0.2, 0) is 14.3 Å². The van der Waals surface area contributed by atoms with Crippen LogP contribution in [0.15, 0.2) is 109 Å². The Kier molecular flexibility index (Phi) is 5.96.